The Hall–Kier alpha value is -3.78. The summed E-state index contributed by atoms with van der Waals surface area (Å²) in [6.45, 7) is 17.8. The van der Waals surface area contributed by atoms with Crippen LogP contribution < -0.4 is 40.3 Å². The topological polar surface area (TPSA) is 159 Å². The van der Waals surface area contributed by atoms with Crippen molar-refractivity contribution in [1.82, 2.24) is 15.5 Å². The zero-order chi connectivity index (χ0) is 46.7. The molecule has 19 heteroatoms. The number of aromatic nitrogens is 2. The first-order chi connectivity index (χ1) is 28.7. The Labute approximate surface area is 406 Å². The van der Waals surface area contributed by atoms with Crippen molar-refractivity contribution in [2.45, 2.75) is 103 Å². The molecule has 3 aromatic carbocycles. The van der Waals surface area contributed by atoms with Gasteiger partial charge in [-0.25, -0.2) is 9.59 Å². The molecular formula is C44H52BBr2F3N3NaO9. The summed E-state index contributed by atoms with van der Waals surface area (Å²) in [5.74, 6) is -1.85. The fourth-order valence-electron chi connectivity index (χ4n) is 5.33. The number of carboxylic acids is 1. The molecule has 2 N–H and O–H groups in total. The number of carbonyl (C=O) groups is 3. The largest absolute Gasteiger partial charge is 1.00 e. The van der Waals surface area contributed by atoms with Crippen molar-refractivity contribution in [2.75, 3.05) is 7.11 Å². The van der Waals surface area contributed by atoms with E-state index in [1.165, 1.54) is 19.4 Å². The number of methoxy groups -OCH3 is 1. The van der Waals surface area contributed by atoms with E-state index in [-0.39, 0.29) is 66.6 Å². The molecule has 1 amide bonds. The average Bonchev–Trinajstić information content (AvgIpc) is 3.78. The van der Waals surface area contributed by atoms with E-state index in [0.29, 0.717) is 17.3 Å². The Morgan fingerprint density at radius 2 is 1.46 bits per heavy atom. The van der Waals surface area contributed by atoms with Crippen LogP contribution in [0.3, 0.4) is 0 Å². The van der Waals surface area contributed by atoms with Gasteiger partial charge >= 0.3 is 60.9 Å². The number of esters is 1. The first-order valence-electron chi connectivity index (χ1n) is 19.1. The minimum absolute atomic E-state index is 0. The minimum atomic E-state index is -4.37. The van der Waals surface area contributed by atoms with Crippen LogP contribution in [-0.4, -0.2) is 64.4 Å². The van der Waals surface area contributed by atoms with Crippen LogP contribution in [0.1, 0.15) is 96.7 Å². The Morgan fingerprint density at radius 3 is 1.95 bits per heavy atom. The maximum atomic E-state index is 11.8. The number of nitrogens with one attached hydrogen (secondary N) is 1. The Morgan fingerprint density at radius 1 is 0.873 bits per heavy atom. The van der Waals surface area contributed by atoms with Gasteiger partial charge in [-0.1, -0.05) is 80.4 Å². The van der Waals surface area contributed by atoms with Crippen molar-refractivity contribution >= 4 is 73.2 Å². The quantitative estimate of drug-likeness (QED) is 0.0943. The van der Waals surface area contributed by atoms with Gasteiger partial charge in [-0.15, -0.1) is 0 Å². The SMILES string of the molecule is CC(C)(C)OC(=O)NCc1ccc(B2OC(C)(C)C(C)(C)O2)cc1.COC(=O)C(C)(C)c1cccc(Br)c1.FC(F)(F)c1ccc(CBr)o1.O=C(O)c1cccc2cnncc12.[H-].[Na+]. The van der Waals surface area contributed by atoms with Crippen molar-refractivity contribution < 1.29 is 86.8 Å². The molecule has 0 radical (unpaired) electrons. The first kappa shape index (κ1) is 55.4. The molecule has 63 heavy (non-hydrogen) atoms. The third-order valence-electron chi connectivity index (χ3n) is 9.48. The number of alkyl carbamates (subject to hydrolysis) is 1. The number of rotatable bonds is 7. The van der Waals surface area contributed by atoms with E-state index in [0.717, 1.165) is 32.5 Å². The summed E-state index contributed by atoms with van der Waals surface area (Å²) in [4.78, 5) is 34.0. The molecule has 3 heterocycles. The molecule has 2 aromatic heterocycles. The molecule has 0 spiro atoms. The zero-order valence-electron chi connectivity index (χ0n) is 38.1. The molecule has 0 unspecified atom stereocenters. The number of nitrogens with zero attached hydrogens (tertiary/aromatic N) is 2. The van der Waals surface area contributed by atoms with Crippen LogP contribution in [0.4, 0.5) is 18.0 Å². The number of halogens is 5. The van der Waals surface area contributed by atoms with E-state index in [1.54, 1.807) is 24.4 Å². The van der Waals surface area contributed by atoms with Gasteiger partial charge in [0.15, 0.2) is 0 Å². The molecule has 1 aliphatic rings. The zero-order valence-corrected chi connectivity index (χ0v) is 42.3. The van der Waals surface area contributed by atoms with Crippen molar-refractivity contribution in [3.05, 3.63) is 124 Å². The fraction of sp³-hybridized carbons (Fsp3) is 0.386. The van der Waals surface area contributed by atoms with Gasteiger partial charge in [0.2, 0.25) is 5.76 Å². The van der Waals surface area contributed by atoms with Crippen molar-refractivity contribution in [2.24, 2.45) is 0 Å². The minimum Gasteiger partial charge on any atom is -1.00 e. The van der Waals surface area contributed by atoms with E-state index in [1.807, 2.05) is 111 Å². The van der Waals surface area contributed by atoms with E-state index >= 15 is 0 Å². The number of fused-ring (bicyclic) bond motifs is 1. The van der Waals surface area contributed by atoms with Gasteiger partial charge in [-0.3, -0.25) is 4.79 Å². The molecule has 1 aliphatic heterocycles. The molecule has 5 aromatic rings. The first-order valence-corrected chi connectivity index (χ1v) is 21.0. The molecule has 0 atom stereocenters. The normalized spacial score (nSPS) is 14.0. The number of hydrogen-bond acceptors (Lipinski definition) is 10. The molecular weight excluding hydrogens is 965 g/mol. The van der Waals surface area contributed by atoms with E-state index < -0.39 is 35.0 Å². The number of aromatic carboxylic acids is 1. The van der Waals surface area contributed by atoms with Gasteiger partial charge in [-0.05, 0) is 109 Å². The summed E-state index contributed by atoms with van der Waals surface area (Å²) in [7, 11) is 1.03. The molecule has 1 saturated heterocycles. The van der Waals surface area contributed by atoms with Crippen LogP contribution in [0.5, 0.6) is 0 Å². The number of alkyl halides is 4. The summed E-state index contributed by atoms with van der Waals surface area (Å²) in [6.07, 6.45) is -1.79. The van der Waals surface area contributed by atoms with Gasteiger partial charge in [0.25, 0.3) is 0 Å². The van der Waals surface area contributed by atoms with Gasteiger partial charge in [0.1, 0.15) is 11.4 Å². The molecule has 12 nitrogen and oxygen atoms in total. The Kier molecular flexibility index (Phi) is 20.6. The van der Waals surface area contributed by atoms with Gasteiger partial charge in [-0.2, -0.15) is 23.4 Å². The van der Waals surface area contributed by atoms with Crippen LogP contribution in [0.15, 0.2) is 100 Å². The van der Waals surface area contributed by atoms with Crippen LogP contribution in [0.25, 0.3) is 10.8 Å². The summed E-state index contributed by atoms with van der Waals surface area (Å²) in [5.41, 5.74) is 1.36. The monoisotopic (exact) mass is 1020 g/mol. The predicted octanol–water partition coefficient (Wildman–Crippen LogP) is 7.55. The van der Waals surface area contributed by atoms with E-state index in [9.17, 15) is 27.6 Å². The fourth-order valence-corrected chi connectivity index (χ4v) is 6.03. The Balaban J connectivity index is 0.000000444. The summed E-state index contributed by atoms with van der Waals surface area (Å²) in [6, 6.07) is 22.8. The van der Waals surface area contributed by atoms with Crippen LogP contribution in [-0.2, 0) is 47.0 Å². The molecule has 0 bridgehead atoms. The second kappa shape index (κ2) is 23.4. The number of carboxylic acid groups (broad SMARTS) is 1. The van der Waals surface area contributed by atoms with Gasteiger partial charge < -0.3 is 35.0 Å². The smallest absolute Gasteiger partial charge is 1.00 e. The number of furan rings is 1. The predicted molar refractivity (Wildman–Crippen MR) is 238 cm³/mol. The number of ether oxygens (including phenoxy) is 2. The maximum Gasteiger partial charge on any atom is 1.00 e. The van der Waals surface area contributed by atoms with E-state index in [2.05, 4.69) is 51.8 Å². The van der Waals surface area contributed by atoms with E-state index in [4.69, 9.17) is 23.9 Å². The van der Waals surface area contributed by atoms with Crippen molar-refractivity contribution in [1.29, 1.82) is 0 Å². The molecule has 1 fully saturated rings. The summed E-state index contributed by atoms with van der Waals surface area (Å²) in [5, 5.41) is 20.6. The number of carbonyl (C=O) groups excluding carboxylic acids is 2. The second-order valence-corrected chi connectivity index (χ2v) is 17.8. The van der Waals surface area contributed by atoms with Crippen LogP contribution >= 0.6 is 31.9 Å². The Bertz CT molecular complexity index is 2270. The number of hydrogen-bond donors (Lipinski definition) is 2. The molecule has 336 valence electrons. The second-order valence-electron chi connectivity index (χ2n) is 16.3. The molecule has 0 aliphatic carbocycles. The summed E-state index contributed by atoms with van der Waals surface area (Å²) < 4.78 is 62.9. The third kappa shape index (κ3) is 16.6. The maximum absolute atomic E-state index is 11.8. The average molecular weight is 1020 g/mol. The molecule has 0 saturated carbocycles. The van der Waals surface area contributed by atoms with Gasteiger partial charge in [0.05, 0.1) is 47.0 Å². The number of benzene rings is 3. The third-order valence-corrected chi connectivity index (χ3v) is 10.5. The van der Waals surface area contributed by atoms with Crippen molar-refractivity contribution in [3.8, 4) is 0 Å². The summed E-state index contributed by atoms with van der Waals surface area (Å²) >= 11 is 6.35. The standard InChI is InChI=1S/C18H28BNO4.C11H13BrO2.C9H6N2O2.C6H4BrF3O.Na.H/c1-16(2,3)22-15(21)20-12-13-8-10-14(11-9-13)19-23-17(4,5)18(6,7)24-19;1-11(2,10(13)14-3)8-5-4-6-9(12)7-8;12-9(13)7-3-1-2-6-4-10-11-5-8(6)7;7-3-4-1-2-5(11-4)6(8,9)10;;/h8-11H,12H2,1-7H3,(H,20,21);4-7H,1-3H3;1-5H,(H,12,13);1-2H,3H2;;/q;;;;+1;-1. The molecule has 6 rings (SSSR count). The van der Waals surface area contributed by atoms with Crippen LogP contribution in [0.2, 0.25) is 0 Å². The van der Waals surface area contributed by atoms with Gasteiger partial charge in [0, 0.05) is 21.8 Å². The van der Waals surface area contributed by atoms with Crippen molar-refractivity contribution in [3.63, 3.8) is 0 Å². The number of amides is 1. The van der Waals surface area contributed by atoms with Crippen LogP contribution in [0, 0.1) is 0 Å².